The van der Waals surface area contributed by atoms with Gasteiger partial charge in [-0.2, -0.15) is 0 Å². The zero-order chi connectivity index (χ0) is 31.5. The van der Waals surface area contributed by atoms with Crippen LogP contribution in [0.4, 0.5) is 11.4 Å². The van der Waals surface area contributed by atoms with Crippen LogP contribution in [0, 0.1) is 0 Å². The van der Waals surface area contributed by atoms with E-state index in [0.29, 0.717) is 35.5 Å². The van der Waals surface area contributed by atoms with E-state index < -0.39 is 0 Å². The van der Waals surface area contributed by atoms with Crippen molar-refractivity contribution < 1.29 is 4.74 Å². The van der Waals surface area contributed by atoms with Gasteiger partial charge in [0.1, 0.15) is 11.5 Å². The summed E-state index contributed by atoms with van der Waals surface area (Å²) < 4.78 is 6.54. The highest BCUT2D eigenvalue weighted by molar-refractivity contribution is 6.03. The van der Waals surface area contributed by atoms with E-state index in [-0.39, 0.29) is 0 Å². The van der Waals surface area contributed by atoms with Crippen LogP contribution >= 0.6 is 0 Å². The molecule has 0 amide bonds. The normalized spacial score (nSPS) is 15.0. The second kappa shape index (κ2) is 14.0. The van der Waals surface area contributed by atoms with E-state index in [1.54, 1.807) is 0 Å². The standard InChI is InChI=1S/C39H56N2O/c1-22(2)30-18-32(24(5)6)38(33(19-30)25(7)8)40-28(13)36-16-15-17-37(42-36)29(14)41-39-34(26(9)10)20-31(23(3)4)21-35(39)27(11)12/h16-27H,15H2,1-14H3/b40-28+,41-29+. The molecule has 0 fully saturated rings. The Hall–Kier alpha value is -2.94. The summed E-state index contributed by atoms with van der Waals surface area (Å²) in [6.07, 6.45) is 5.07. The van der Waals surface area contributed by atoms with Gasteiger partial charge in [-0.05, 0) is 101 Å². The molecule has 0 saturated carbocycles. The van der Waals surface area contributed by atoms with Crippen molar-refractivity contribution >= 4 is 22.8 Å². The van der Waals surface area contributed by atoms with Crippen LogP contribution < -0.4 is 0 Å². The third-order valence-corrected chi connectivity index (χ3v) is 8.30. The summed E-state index contributed by atoms with van der Waals surface area (Å²) in [6, 6.07) is 9.42. The van der Waals surface area contributed by atoms with E-state index in [1.165, 1.54) is 33.4 Å². The van der Waals surface area contributed by atoms with Gasteiger partial charge in [0.25, 0.3) is 0 Å². The van der Waals surface area contributed by atoms with Gasteiger partial charge in [0, 0.05) is 0 Å². The van der Waals surface area contributed by atoms with Crippen molar-refractivity contribution in [2.45, 2.75) is 139 Å². The Morgan fingerprint density at radius 2 is 0.786 bits per heavy atom. The fourth-order valence-corrected chi connectivity index (χ4v) is 5.46. The van der Waals surface area contributed by atoms with Crippen molar-refractivity contribution in [2.24, 2.45) is 9.98 Å². The molecule has 0 aliphatic carbocycles. The summed E-state index contributed by atoms with van der Waals surface area (Å²) in [6.45, 7) is 31.3. The first-order valence-corrected chi connectivity index (χ1v) is 16.2. The van der Waals surface area contributed by atoms with E-state index in [0.717, 1.165) is 40.7 Å². The van der Waals surface area contributed by atoms with Gasteiger partial charge in [0.2, 0.25) is 0 Å². The highest BCUT2D eigenvalue weighted by atomic mass is 16.5. The molecule has 0 spiro atoms. The smallest absolute Gasteiger partial charge is 0.145 e. The number of ether oxygens (including phenoxy) is 1. The van der Waals surface area contributed by atoms with Gasteiger partial charge in [-0.25, -0.2) is 9.98 Å². The topological polar surface area (TPSA) is 34.0 Å². The fraction of sp³-hybridized carbons (Fsp3) is 0.538. The molecule has 0 atom stereocenters. The van der Waals surface area contributed by atoms with Crippen molar-refractivity contribution in [2.75, 3.05) is 0 Å². The second-order valence-electron chi connectivity index (χ2n) is 13.9. The van der Waals surface area contributed by atoms with Gasteiger partial charge < -0.3 is 4.74 Å². The summed E-state index contributed by atoms with van der Waals surface area (Å²) >= 11 is 0. The Balaban J connectivity index is 2.03. The van der Waals surface area contributed by atoms with E-state index in [4.69, 9.17) is 14.7 Å². The Morgan fingerprint density at radius 3 is 1.02 bits per heavy atom. The quantitative estimate of drug-likeness (QED) is 0.262. The first-order chi connectivity index (χ1) is 19.6. The molecule has 228 valence electrons. The average Bonchev–Trinajstić information content (AvgIpc) is 2.92. The van der Waals surface area contributed by atoms with Gasteiger partial charge in [-0.1, -0.05) is 107 Å². The average molecular weight is 569 g/mol. The summed E-state index contributed by atoms with van der Waals surface area (Å²) in [5.74, 6) is 4.13. The SMILES string of the molecule is C/C(=N\c1c(C(C)C)cc(C(C)C)cc1C(C)C)C1=CCC=C(/C(C)=N/c2c(C(C)C)cc(C(C)C)cc2C(C)C)O1. The lowest BCUT2D eigenvalue weighted by molar-refractivity contribution is 0.343. The van der Waals surface area contributed by atoms with Crippen LogP contribution in [0.25, 0.3) is 0 Å². The molecule has 1 aliphatic rings. The van der Waals surface area contributed by atoms with Crippen molar-refractivity contribution in [3.8, 4) is 0 Å². The summed E-state index contributed by atoms with van der Waals surface area (Å²) in [7, 11) is 0. The minimum absolute atomic E-state index is 0.381. The van der Waals surface area contributed by atoms with Crippen molar-refractivity contribution in [1.29, 1.82) is 0 Å². The lowest BCUT2D eigenvalue weighted by Gasteiger charge is -2.23. The Kier molecular flexibility index (Phi) is 11.2. The number of allylic oxidation sites excluding steroid dienone is 4. The minimum atomic E-state index is 0.381. The van der Waals surface area contributed by atoms with Crippen LogP contribution in [0.15, 0.2) is 57.9 Å². The molecular weight excluding hydrogens is 512 g/mol. The third kappa shape index (κ3) is 7.71. The van der Waals surface area contributed by atoms with Crippen molar-refractivity contribution in [3.63, 3.8) is 0 Å². The second-order valence-corrected chi connectivity index (χ2v) is 13.9. The highest BCUT2D eigenvalue weighted by Crippen LogP contribution is 2.40. The Bertz CT molecular complexity index is 1230. The van der Waals surface area contributed by atoms with E-state index in [1.807, 2.05) is 0 Å². The van der Waals surface area contributed by atoms with Crippen molar-refractivity contribution in [1.82, 2.24) is 0 Å². The van der Waals surface area contributed by atoms with Crippen LogP contribution in [0.5, 0.6) is 0 Å². The lowest BCUT2D eigenvalue weighted by atomic mass is 9.87. The van der Waals surface area contributed by atoms with Gasteiger partial charge in [-0.15, -0.1) is 0 Å². The van der Waals surface area contributed by atoms with Crippen LogP contribution in [0.2, 0.25) is 0 Å². The van der Waals surface area contributed by atoms with Crippen LogP contribution in [-0.4, -0.2) is 11.4 Å². The maximum atomic E-state index is 6.54. The first kappa shape index (κ1) is 33.6. The largest absolute Gasteiger partial charge is 0.454 e. The molecule has 0 radical (unpaired) electrons. The first-order valence-electron chi connectivity index (χ1n) is 16.2. The zero-order valence-electron chi connectivity index (χ0n) is 28.9. The molecule has 0 saturated heterocycles. The summed E-state index contributed by atoms with van der Waals surface area (Å²) in [4.78, 5) is 10.5. The van der Waals surface area contributed by atoms with Crippen LogP contribution in [-0.2, 0) is 4.74 Å². The minimum Gasteiger partial charge on any atom is -0.454 e. The highest BCUT2D eigenvalue weighted by Gasteiger charge is 2.21. The Labute approximate surface area is 257 Å². The monoisotopic (exact) mass is 568 g/mol. The number of aliphatic imine (C=N–C) groups is 2. The molecule has 0 aromatic heterocycles. The van der Waals surface area contributed by atoms with Crippen LogP contribution in [0.3, 0.4) is 0 Å². The third-order valence-electron chi connectivity index (χ3n) is 8.30. The predicted molar refractivity (Wildman–Crippen MR) is 185 cm³/mol. The molecule has 0 bridgehead atoms. The molecule has 1 aliphatic heterocycles. The molecule has 0 N–H and O–H groups in total. The summed E-state index contributed by atoms with van der Waals surface area (Å²) in [5.41, 5.74) is 12.0. The predicted octanol–water partition coefficient (Wildman–Crippen LogP) is 12.5. The number of hydrogen-bond donors (Lipinski definition) is 0. The molecule has 42 heavy (non-hydrogen) atoms. The van der Waals surface area contributed by atoms with Crippen molar-refractivity contribution in [3.05, 3.63) is 81.3 Å². The van der Waals surface area contributed by atoms with Gasteiger partial charge >= 0.3 is 0 Å². The van der Waals surface area contributed by atoms with Gasteiger partial charge in [-0.3, -0.25) is 0 Å². The van der Waals surface area contributed by atoms with E-state index >= 15 is 0 Å². The molecule has 3 rings (SSSR count). The Morgan fingerprint density at radius 1 is 0.500 bits per heavy atom. The van der Waals surface area contributed by atoms with Gasteiger partial charge in [0.15, 0.2) is 0 Å². The number of benzene rings is 2. The number of nitrogens with zero attached hydrogens (tertiary/aromatic N) is 2. The lowest BCUT2D eigenvalue weighted by Crippen LogP contribution is -2.12. The number of hydrogen-bond acceptors (Lipinski definition) is 3. The number of rotatable bonds is 10. The summed E-state index contributed by atoms with van der Waals surface area (Å²) in [5, 5.41) is 0. The maximum Gasteiger partial charge on any atom is 0.145 e. The van der Waals surface area contributed by atoms with Crippen LogP contribution in [0.1, 0.15) is 172 Å². The molecule has 3 heteroatoms. The molecule has 3 nitrogen and oxygen atoms in total. The molecule has 1 heterocycles. The zero-order valence-corrected chi connectivity index (χ0v) is 28.9. The van der Waals surface area contributed by atoms with E-state index in [9.17, 15) is 0 Å². The maximum absolute atomic E-state index is 6.54. The fourth-order valence-electron chi connectivity index (χ4n) is 5.46. The van der Waals surface area contributed by atoms with Gasteiger partial charge in [0.05, 0.1) is 22.8 Å². The molecular formula is C39H56N2O. The molecule has 0 unspecified atom stereocenters. The molecule has 2 aromatic rings. The van der Waals surface area contributed by atoms with E-state index in [2.05, 4.69) is 133 Å². The molecule has 2 aromatic carbocycles.